The van der Waals surface area contributed by atoms with Crippen LogP contribution in [0, 0.1) is 0 Å². The molecule has 1 aromatic carbocycles. The van der Waals surface area contributed by atoms with Crippen LogP contribution in [0.1, 0.15) is 36.8 Å². The number of amides is 3. The Morgan fingerprint density at radius 3 is 2.46 bits per heavy atom. The lowest BCUT2D eigenvalue weighted by Gasteiger charge is -2.34. The monoisotopic (exact) mass is 510 g/mol. The van der Waals surface area contributed by atoms with Crippen LogP contribution in [0.5, 0.6) is 0 Å². The molecule has 1 N–H and O–H groups in total. The summed E-state index contributed by atoms with van der Waals surface area (Å²) in [6, 6.07) is 9.99. The van der Waals surface area contributed by atoms with E-state index in [1.165, 1.54) is 4.90 Å². The minimum atomic E-state index is -0.379. The highest BCUT2D eigenvalue weighted by atomic mass is 35.5. The first-order valence-electron chi connectivity index (χ1n) is 11.3. The Labute approximate surface area is 211 Å². The van der Waals surface area contributed by atoms with Gasteiger partial charge in [-0.05, 0) is 43.3 Å². The minimum Gasteiger partial charge on any atom is -0.338 e. The van der Waals surface area contributed by atoms with E-state index in [1.54, 1.807) is 48.8 Å². The van der Waals surface area contributed by atoms with Gasteiger partial charge in [0, 0.05) is 45.1 Å². The molecule has 0 bridgehead atoms. The van der Waals surface area contributed by atoms with Gasteiger partial charge in [0.2, 0.25) is 5.95 Å². The molecule has 2 aromatic heterocycles. The van der Waals surface area contributed by atoms with E-state index in [0.29, 0.717) is 33.4 Å². The van der Waals surface area contributed by atoms with Crippen LogP contribution in [-0.4, -0.2) is 76.8 Å². The number of thiophene rings is 1. The number of imide groups is 1. The molecule has 0 saturated carbocycles. The molecule has 0 spiro atoms. The summed E-state index contributed by atoms with van der Waals surface area (Å²) in [5, 5.41) is 2.76. The predicted molar refractivity (Wildman–Crippen MR) is 134 cm³/mol. The molecule has 0 unspecified atom stereocenters. The quantitative estimate of drug-likeness (QED) is 0.487. The van der Waals surface area contributed by atoms with Gasteiger partial charge >= 0.3 is 0 Å². The van der Waals surface area contributed by atoms with Crippen molar-refractivity contribution < 1.29 is 14.4 Å². The number of piperazine rings is 1. The van der Waals surface area contributed by atoms with Crippen molar-refractivity contribution in [2.75, 3.05) is 49.5 Å². The van der Waals surface area contributed by atoms with Crippen LogP contribution >= 0.6 is 22.9 Å². The predicted octanol–water partition coefficient (Wildman–Crippen LogP) is 3.25. The summed E-state index contributed by atoms with van der Waals surface area (Å²) in [5.41, 5.74) is 0.885. The average molecular weight is 511 g/mol. The Morgan fingerprint density at radius 2 is 1.74 bits per heavy atom. The van der Waals surface area contributed by atoms with Gasteiger partial charge in [-0.1, -0.05) is 17.7 Å². The van der Waals surface area contributed by atoms with Crippen LogP contribution < -0.4 is 10.2 Å². The van der Waals surface area contributed by atoms with Crippen molar-refractivity contribution in [3.8, 4) is 0 Å². The SMILES string of the molecule is O=C(Nc1cccc2c1C(=O)N(CCCN1CCN(c3ncccn3)CC1)C2=O)c1ccc(Cl)s1. The molecule has 180 valence electrons. The molecule has 5 rings (SSSR count). The lowest BCUT2D eigenvalue weighted by Crippen LogP contribution is -2.47. The van der Waals surface area contributed by atoms with Crippen LogP contribution in [0.3, 0.4) is 0 Å². The highest BCUT2D eigenvalue weighted by Crippen LogP contribution is 2.31. The van der Waals surface area contributed by atoms with E-state index in [9.17, 15) is 14.4 Å². The topological polar surface area (TPSA) is 98.7 Å². The van der Waals surface area contributed by atoms with Crippen molar-refractivity contribution in [2.24, 2.45) is 0 Å². The number of benzene rings is 1. The Bertz CT molecular complexity index is 1260. The van der Waals surface area contributed by atoms with Gasteiger partial charge in [0.25, 0.3) is 17.7 Å². The van der Waals surface area contributed by atoms with Crippen molar-refractivity contribution in [1.82, 2.24) is 19.8 Å². The third-order valence-corrected chi connectivity index (χ3v) is 7.34. The molecular formula is C24H23ClN6O3S. The standard InChI is InChI=1S/C24H23ClN6O3S/c25-19-7-6-18(35-19)21(32)28-17-5-1-4-16-20(17)23(34)31(22(16)33)11-3-10-29-12-14-30(15-13-29)24-26-8-2-9-27-24/h1-2,4-9H,3,10-15H2,(H,28,32). The van der Waals surface area contributed by atoms with E-state index < -0.39 is 0 Å². The van der Waals surface area contributed by atoms with E-state index in [2.05, 4.69) is 25.1 Å². The number of hydrogen-bond acceptors (Lipinski definition) is 8. The van der Waals surface area contributed by atoms with Gasteiger partial charge < -0.3 is 10.2 Å². The Morgan fingerprint density at radius 1 is 0.971 bits per heavy atom. The molecule has 11 heteroatoms. The summed E-state index contributed by atoms with van der Waals surface area (Å²) in [6.07, 6.45) is 4.15. The van der Waals surface area contributed by atoms with Gasteiger partial charge in [0.1, 0.15) is 0 Å². The third kappa shape index (κ3) is 4.90. The van der Waals surface area contributed by atoms with Crippen LogP contribution in [0.25, 0.3) is 0 Å². The smallest absolute Gasteiger partial charge is 0.265 e. The summed E-state index contributed by atoms with van der Waals surface area (Å²) < 4.78 is 0.501. The molecule has 9 nitrogen and oxygen atoms in total. The number of carbonyl (C=O) groups excluding carboxylic acids is 3. The number of hydrogen-bond donors (Lipinski definition) is 1. The lowest BCUT2D eigenvalue weighted by atomic mass is 10.1. The number of rotatable bonds is 7. The van der Waals surface area contributed by atoms with Gasteiger partial charge in [0.05, 0.1) is 26.0 Å². The fourth-order valence-electron chi connectivity index (χ4n) is 4.34. The number of nitrogens with one attached hydrogen (secondary N) is 1. The van der Waals surface area contributed by atoms with Crippen LogP contribution in [0.4, 0.5) is 11.6 Å². The van der Waals surface area contributed by atoms with E-state index in [-0.39, 0.29) is 23.3 Å². The zero-order valence-corrected chi connectivity index (χ0v) is 20.4. The molecule has 35 heavy (non-hydrogen) atoms. The second-order valence-electron chi connectivity index (χ2n) is 8.28. The summed E-state index contributed by atoms with van der Waals surface area (Å²) in [7, 11) is 0. The lowest BCUT2D eigenvalue weighted by molar-refractivity contribution is 0.0647. The maximum atomic E-state index is 13.1. The van der Waals surface area contributed by atoms with Crippen molar-refractivity contribution in [3.05, 3.63) is 69.1 Å². The average Bonchev–Trinajstić information content (AvgIpc) is 3.42. The Kier molecular flexibility index (Phi) is 6.76. The molecule has 1 saturated heterocycles. The van der Waals surface area contributed by atoms with Gasteiger partial charge in [-0.25, -0.2) is 9.97 Å². The fraction of sp³-hybridized carbons (Fsp3) is 0.292. The van der Waals surface area contributed by atoms with Crippen molar-refractivity contribution in [1.29, 1.82) is 0 Å². The van der Waals surface area contributed by atoms with E-state index in [1.807, 2.05) is 0 Å². The molecule has 0 radical (unpaired) electrons. The van der Waals surface area contributed by atoms with E-state index in [4.69, 9.17) is 11.6 Å². The fourth-order valence-corrected chi connectivity index (χ4v) is 5.28. The molecule has 2 aliphatic heterocycles. The highest BCUT2D eigenvalue weighted by Gasteiger charge is 2.37. The second kappa shape index (κ2) is 10.1. The van der Waals surface area contributed by atoms with Crippen molar-refractivity contribution in [3.63, 3.8) is 0 Å². The second-order valence-corrected chi connectivity index (χ2v) is 9.99. The van der Waals surface area contributed by atoms with Gasteiger partial charge in [-0.2, -0.15) is 0 Å². The zero-order valence-electron chi connectivity index (χ0n) is 18.8. The summed E-state index contributed by atoms with van der Waals surface area (Å²) in [5.74, 6) is -0.334. The zero-order chi connectivity index (χ0) is 24.4. The summed E-state index contributed by atoms with van der Waals surface area (Å²) in [4.78, 5) is 53.4. The first-order chi connectivity index (χ1) is 17.0. The number of aromatic nitrogens is 2. The number of halogens is 1. The maximum Gasteiger partial charge on any atom is 0.265 e. The number of fused-ring (bicyclic) bond motifs is 1. The van der Waals surface area contributed by atoms with Crippen molar-refractivity contribution in [2.45, 2.75) is 6.42 Å². The molecule has 2 aliphatic rings. The number of anilines is 2. The number of carbonyl (C=O) groups is 3. The largest absolute Gasteiger partial charge is 0.338 e. The molecule has 0 aliphatic carbocycles. The van der Waals surface area contributed by atoms with Crippen molar-refractivity contribution >= 4 is 52.3 Å². The molecule has 3 amide bonds. The first kappa shape index (κ1) is 23.4. The molecule has 0 atom stereocenters. The summed E-state index contributed by atoms with van der Waals surface area (Å²) >= 11 is 7.07. The molecule has 4 heterocycles. The van der Waals surface area contributed by atoms with Gasteiger partial charge in [-0.3, -0.25) is 24.2 Å². The highest BCUT2D eigenvalue weighted by molar-refractivity contribution is 7.18. The number of nitrogens with zero attached hydrogens (tertiary/aromatic N) is 5. The van der Waals surface area contributed by atoms with E-state index >= 15 is 0 Å². The van der Waals surface area contributed by atoms with Gasteiger partial charge in [0.15, 0.2) is 0 Å². The third-order valence-electron chi connectivity index (χ3n) is 6.11. The Hall–Kier alpha value is -3.34. The Balaban J connectivity index is 1.17. The minimum absolute atomic E-state index is 0.241. The van der Waals surface area contributed by atoms with Gasteiger partial charge in [-0.15, -0.1) is 11.3 Å². The maximum absolute atomic E-state index is 13.1. The van der Waals surface area contributed by atoms with E-state index in [0.717, 1.165) is 50.0 Å². The van der Waals surface area contributed by atoms with Crippen LogP contribution in [-0.2, 0) is 0 Å². The van der Waals surface area contributed by atoms with Crippen LogP contribution in [0.2, 0.25) is 4.34 Å². The van der Waals surface area contributed by atoms with Crippen LogP contribution in [0.15, 0.2) is 48.8 Å². The molecule has 3 aromatic rings. The first-order valence-corrected chi connectivity index (χ1v) is 12.5. The molecule has 1 fully saturated rings. The normalized spacial score (nSPS) is 16.0. The molecular weight excluding hydrogens is 488 g/mol. The summed E-state index contributed by atoms with van der Waals surface area (Å²) in [6.45, 7) is 4.49.